The molecule has 2 atom stereocenters. The standard InChI is InChI=1S/C18H23ClF2N2O2/c19-14-4-5-15(25-18(20)21)13(8-14)9-23-17(24)12-6-10-2-1-3-11(7-12)16(10)22/h4-5,8,10-12,16,18H,1-3,6-7,9,22H2,(H,23,24). The second kappa shape index (κ2) is 7.87. The molecule has 1 aromatic carbocycles. The molecule has 3 rings (SSSR count). The highest BCUT2D eigenvalue weighted by Crippen LogP contribution is 2.41. The molecular formula is C18H23ClF2N2O2. The summed E-state index contributed by atoms with van der Waals surface area (Å²) in [6, 6.07) is 4.61. The van der Waals surface area contributed by atoms with E-state index in [1.165, 1.54) is 24.6 Å². The molecule has 2 fully saturated rings. The second-order valence-electron chi connectivity index (χ2n) is 7.05. The molecule has 2 aliphatic carbocycles. The lowest BCUT2D eigenvalue weighted by Gasteiger charge is -2.43. The first-order chi connectivity index (χ1) is 11.9. The van der Waals surface area contributed by atoms with Crippen LogP contribution in [0.1, 0.15) is 37.7 Å². The van der Waals surface area contributed by atoms with E-state index in [0.29, 0.717) is 22.4 Å². The Balaban J connectivity index is 1.62. The summed E-state index contributed by atoms with van der Waals surface area (Å²) in [5.74, 6) is 0.738. The smallest absolute Gasteiger partial charge is 0.387 e. The van der Waals surface area contributed by atoms with Crippen LogP contribution in [-0.4, -0.2) is 18.6 Å². The zero-order valence-corrected chi connectivity index (χ0v) is 14.6. The minimum atomic E-state index is -2.92. The molecule has 4 nitrogen and oxygen atoms in total. The summed E-state index contributed by atoms with van der Waals surface area (Å²) in [5.41, 5.74) is 6.70. The summed E-state index contributed by atoms with van der Waals surface area (Å²) in [6.07, 6.45) is 4.97. The van der Waals surface area contributed by atoms with Gasteiger partial charge in [-0.15, -0.1) is 0 Å². The minimum absolute atomic E-state index is 0.0298. The third-order valence-corrected chi connectivity index (χ3v) is 5.71. The number of carbonyl (C=O) groups excluding carboxylic acids is 1. The molecule has 2 unspecified atom stereocenters. The van der Waals surface area contributed by atoms with Crippen LogP contribution in [0.3, 0.4) is 0 Å². The number of hydrogen-bond donors (Lipinski definition) is 2. The van der Waals surface area contributed by atoms with Crippen molar-refractivity contribution in [2.24, 2.45) is 23.5 Å². The van der Waals surface area contributed by atoms with E-state index in [1.54, 1.807) is 0 Å². The first kappa shape index (κ1) is 18.4. The van der Waals surface area contributed by atoms with E-state index < -0.39 is 6.61 Å². The van der Waals surface area contributed by atoms with Crippen molar-refractivity contribution in [1.82, 2.24) is 5.32 Å². The molecular weight excluding hydrogens is 350 g/mol. The molecule has 2 saturated carbocycles. The lowest BCUT2D eigenvalue weighted by molar-refractivity contribution is -0.128. The van der Waals surface area contributed by atoms with Crippen LogP contribution in [0.5, 0.6) is 5.75 Å². The van der Waals surface area contributed by atoms with E-state index in [1.807, 2.05) is 0 Å². The fourth-order valence-corrected chi connectivity index (χ4v) is 4.42. The van der Waals surface area contributed by atoms with E-state index in [9.17, 15) is 13.6 Å². The van der Waals surface area contributed by atoms with Crippen molar-refractivity contribution in [3.05, 3.63) is 28.8 Å². The van der Waals surface area contributed by atoms with Gasteiger partial charge in [-0.25, -0.2) is 0 Å². The van der Waals surface area contributed by atoms with E-state index in [-0.39, 0.29) is 30.2 Å². The van der Waals surface area contributed by atoms with Crippen molar-refractivity contribution < 1.29 is 18.3 Å². The number of fused-ring (bicyclic) bond motifs is 2. The van der Waals surface area contributed by atoms with Gasteiger partial charge in [-0.3, -0.25) is 4.79 Å². The van der Waals surface area contributed by atoms with Crippen LogP contribution in [0.25, 0.3) is 0 Å². The Morgan fingerprint density at radius 3 is 2.64 bits per heavy atom. The van der Waals surface area contributed by atoms with Crippen LogP contribution in [0.15, 0.2) is 18.2 Å². The predicted molar refractivity (Wildman–Crippen MR) is 91.5 cm³/mol. The average molecular weight is 373 g/mol. The Hall–Kier alpha value is -1.40. The number of benzene rings is 1. The van der Waals surface area contributed by atoms with Gasteiger partial charge < -0.3 is 15.8 Å². The fraction of sp³-hybridized carbons (Fsp3) is 0.611. The highest BCUT2D eigenvalue weighted by Gasteiger charge is 2.40. The van der Waals surface area contributed by atoms with Gasteiger partial charge in [0.15, 0.2) is 0 Å². The maximum atomic E-state index is 12.6. The number of alkyl halides is 2. The van der Waals surface area contributed by atoms with Gasteiger partial charge in [-0.1, -0.05) is 18.0 Å². The Morgan fingerprint density at radius 1 is 1.32 bits per heavy atom. The molecule has 0 aromatic heterocycles. The maximum absolute atomic E-state index is 12.6. The van der Waals surface area contributed by atoms with Gasteiger partial charge in [0.2, 0.25) is 5.91 Å². The number of hydrogen-bond acceptors (Lipinski definition) is 3. The first-order valence-electron chi connectivity index (χ1n) is 8.70. The fourth-order valence-electron chi connectivity index (χ4n) is 4.23. The molecule has 1 aromatic rings. The number of amides is 1. The van der Waals surface area contributed by atoms with Gasteiger partial charge in [0, 0.05) is 29.1 Å². The summed E-state index contributed by atoms with van der Waals surface area (Å²) >= 11 is 5.93. The monoisotopic (exact) mass is 372 g/mol. The highest BCUT2D eigenvalue weighted by atomic mass is 35.5. The molecule has 0 radical (unpaired) electrons. The van der Waals surface area contributed by atoms with E-state index in [4.69, 9.17) is 17.3 Å². The van der Waals surface area contributed by atoms with Crippen molar-refractivity contribution in [3.8, 4) is 5.75 Å². The Morgan fingerprint density at radius 2 is 2.00 bits per heavy atom. The topological polar surface area (TPSA) is 64.4 Å². The molecule has 0 aliphatic heterocycles. The third kappa shape index (κ3) is 4.42. The normalized spacial score (nSPS) is 28.7. The number of nitrogens with one attached hydrogen (secondary N) is 1. The van der Waals surface area contributed by atoms with Crippen molar-refractivity contribution in [2.45, 2.75) is 51.3 Å². The molecule has 2 bridgehead atoms. The van der Waals surface area contributed by atoms with E-state index in [0.717, 1.165) is 25.7 Å². The molecule has 25 heavy (non-hydrogen) atoms. The number of rotatable bonds is 5. The quantitative estimate of drug-likeness (QED) is 0.828. The minimum Gasteiger partial charge on any atom is -0.434 e. The van der Waals surface area contributed by atoms with Crippen LogP contribution in [-0.2, 0) is 11.3 Å². The Kier molecular flexibility index (Phi) is 5.79. The third-order valence-electron chi connectivity index (χ3n) is 5.48. The summed E-state index contributed by atoms with van der Waals surface area (Å²) < 4.78 is 29.5. The van der Waals surface area contributed by atoms with Crippen molar-refractivity contribution in [3.63, 3.8) is 0 Å². The Labute approximate surface area is 151 Å². The van der Waals surface area contributed by atoms with Crippen molar-refractivity contribution in [2.75, 3.05) is 0 Å². The molecule has 0 saturated heterocycles. The second-order valence-corrected chi connectivity index (χ2v) is 7.48. The van der Waals surface area contributed by atoms with Crippen LogP contribution in [0.4, 0.5) is 8.78 Å². The summed E-state index contributed by atoms with van der Waals surface area (Å²) in [4.78, 5) is 12.6. The molecule has 138 valence electrons. The number of nitrogens with two attached hydrogens (primary N) is 1. The summed E-state index contributed by atoms with van der Waals surface area (Å²) in [6.45, 7) is -2.81. The summed E-state index contributed by atoms with van der Waals surface area (Å²) in [5, 5.41) is 3.26. The molecule has 0 heterocycles. The first-order valence-corrected chi connectivity index (χ1v) is 9.08. The maximum Gasteiger partial charge on any atom is 0.387 e. The van der Waals surface area contributed by atoms with Crippen molar-refractivity contribution >= 4 is 17.5 Å². The zero-order valence-electron chi connectivity index (χ0n) is 13.9. The lowest BCUT2D eigenvalue weighted by atomic mass is 9.65. The van der Waals surface area contributed by atoms with Crippen molar-refractivity contribution in [1.29, 1.82) is 0 Å². The average Bonchev–Trinajstić information content (AvgIpc) is 2.54. The van der Waals surface area contributed by atoms with Gasteiger partial charge in [-0.05, 0) is 55.7 Å². The molecule has 7 heteroatoms. The van der Waals surface area contributed by atoms with Crippen LogP contribution in [0.2, 0.25) is 5.02 Å². The van der Waals surface area contributed by atoms with Gasteiger partial charge in [0.05, 0.1) is 0 Å². The number of carbonyl (C=O) groups is 1. The predicted octanol–water partition coefficient (Wildman–Crippen LogP) is 3.71. The lowest BCUT2D eigenvalue weighted by Crippen LogP contribution is -2.49. The van der Waals surface area contributed by atoms with Crippen LogP contribution < -0.4 is 15.8 Å². The SMILES string of the molecule is NC1C2CCCC1CC(C(=O)NCc1cc(Cl)ccc1OC(F)F)C2. The molecule has 2 aliphatic rings. The van der Waals surface area contributed by atoms with Gasteiger partial charge in [0.25, 0.3) is 0 Å². The van der Waals surface area contributed by atoms with Crippen LogP contribution in [0, 0.1) is 17.8 Å². The van der Waals surface area contributed by atoms with Gasteiger partial charge in [-0.2, -0.15) is 8.78 Å². The molecule has 1 amide bonds. The Bertz CT molecular complexity index is 615. The number of halogens is 3. The van der Waals surface area contributed by atoms with Crippen LogP contribution >= 0.6 is 11.6 Å². The number of ether oxygens (including phenoxy) is 1. The molecule has 0 spiro atoms. The zero-order chi connectivity index (χ0) is 18.0. The highest BCUT2D eigenvalue weighted by molar-refractivity contribution is 6.30. The van der Waals surface area contributed by atoms with Gasteiger partial charge in [0.1, 0.15) is 5.75 Å². The van der Waals surface area contributed by atoms with E-state index in [2.05, 4.69) is 10.1 Å². The van der Waals surface area contributed by atoms with Gasteiger partial charge >= 0.3 is 6.61 Å². The largest absolute Gasteiger partial charge is 0.434 e. The van der Waals surface area contributed by atoms with E-state index >= 15 is 0 Å². The summed E-state index contributed by atoms with van der Waals surface area (Å²) in [7, 11) is 0. The molecule has 3 N–H and O–H groups in total.